The highest BCUT2D eigenvalue weighted by Crippen LogP contribution is 2.17. The molecule has 0 unspecified atom stereocenters. The van der Waals surface area contributed by atoms with E-state index in [4.69, 9.17) is 4.74 Å². The first-order valence-electron chi connectivity index (χ1n) is 7.81. The van der Waals surface area contributed by atoms with Crippen molar-refractivity contribution >= 4 is 22.5 Å². The van der Waals surface area contributed by atoms with Crippen LogP contribution < -0.4 is 10.1 Å². The zero-order valence-corrected chi connectivity index (χ0v) is 13.4. The Morgan fingerprint density at radius 2 is 1.88 bits per heavy atom. The normalized spacial score (nSPS) is 10.6. The third-order valence-electron chi connectivity index (χ3n) is 3.77. The monoisotopic (exact) mass is 339 g/mol. The lowest BCUT2D eigenvalue weighted by atomic mass is 10.2. The number of para-hydroxylation sites is 1. The Morgan fingerprint density at radius 3 is 2.64 bits per heavy atom. The number of aromatic nitrogens is 1. The van der Waals surface area contributed by atoms with E-state index in [1.165, 1.54) is 24.3 Å². The number of nitro groups is 1. The van der Waals surface area contributed by atoms with Crippen molar-refractivity contribution in [1.29, 1.82) is 0 Å². The largest absolute Gasteiger partial charge is 0.484 e. The van der Waals surface area contributed by atoms with Crippen LogP contribution in [0.2, 0.25) is 0 Å². The smallest absolute Gasteiger partial charge is 0.269 e. The molecule has 128 valence electrons. The van der Waals surface area contributed by atoms with Crippen molar-refractivity contribution in [2.24, 2.45) is 0 Å². The number of rotatable bonds is 7. The number of fused-ring (bicyclic) bond motifs is 1. The van der Waals surface area contributed by atoms with Gasteiger partial charge in [-0.3, -0.25) is 14.9 Å². The Balaban J connectivity index is 1.44. The van der Waals surface area contributed by atoms with Crippen LogP contribution >= 0.6 is 0 Å². The number of ether oxygens (including phenoxy) is 1. The number of hydrogen-bond acceptors (Lipinski definition) is 4. The molecule has 3 rings (SSSR count). The van der Waals surface area contributed by atoms with Crippen LogP contribution in [0.5, 0.6) is 5.75 Å². The van der Waals surface area contributed by atoms with Gasteiger partial charge in [-0.1, -0.05) is 18.2 Å². The molecule has 1 N–H and O–H groups in total. The van der Waals surface area contributed by atoms with E-state index in [9.17, 15) is 14.9 Å². The second-order valence-electron chi connectivity index (χ2n) is 5.46. The number of carbonyl (C=O) groups excluding carboxylic acids is 1. The summed E-state index contributed by atoms with van der Waals surface area (Å²) in [5.74, 6) is 0.173. The van der Waals surface area contributed by atoms with Crippen molar-refractivity contribution in [1.82, 2.24) is 9.88 Å². The van der Waals surface area contributed by atoms with Gasteiger partial charge in [-0.05, 0) is 29.7 Å². The molecule has 0 saturated carbocycles. The summed E-state index contributed by atoms with van der Waals surface area (Å²) >= 11 is 0. The minimum absolute atomic E-state index is 0.0178. The average molecular weight is 339 g/mol. The van der Waals surface area contributed by atoms with E-state index in [-0.39, 0.29) is 18.2 Å². The lowest BCUT2D eigenvalue weighted by Gasteiger charge is -2.09. The number of non-ortho nitro benzene ring substituents is 1. The van der Waals surface area contributed by atoms with Crippen LogP contribution in [0.15, 0.2) is 60.8 Å². The van der Waals surface area contributed by atoms with Crippen LogP contribution in [0, 0.1) is 10.1 Å². The molecule has 7 nitrogen and oxygen atoms in total. The highest BCUT2D eigenvalue weighted by Gasteiger charge is 2.07. The molecule has 7 heteroatoms. The highest BCUT2D eigenvalue weighted by atomic mass is 16.6. The Kier molecular flexibility index (Phi) is 4.94. The molecule has 0 aliphatic rings. The van der Waals surface area contributed by atoms with Crippen molar-refractivity contribution in [3.8, 4) is 5.75 Å². The predicted octanol–water partition coefficient (Wildman–Crippen LogP) is 2.74. The fourth-order valence-corrected chi connectivity index (χ4v) is 2.52. The Hall–Kier alpha value is -3.35. The Labute approximate surface area is 144 Å². The summed E-state index contributed by atoms with van der Waals surface area (Å²) < 4.78 is 7.40. The average Bonchev–Trinajstić information content (AvgIpc) is 3.04. The van der Waals surface area contributed by atoms with Gasteiger partial charge in [0, 0.05) is 36.9 Å². The van der Waals surface area contributed by atoms with Crippen molar-refractivity contribution in [3.63, 3.8) is 0 Å². The zero-order valence-electron chi connectivity index (χ0n) is 13.4. The second kappa shape index (κ2) is 7.48. The minimum atomic E-state index is -0.485. The molecule has 0 spiro atoms. The number of nitro benzene ring substituents is 1. The van der Waals surface area contributed by atoms with Crippen molar-refractivity contribution < 1.29 is 14.5 Å². The quantitative estimate of drug-likeness (QED) is 0.530. The van der Waals surface area contributed by atoms with E-state index in [1.54, 1.807) is 0 Å². The topological polar surface area (TPSA) is 86.4 Å². The number of nitrogens with zero attached hydrogens (tertiary/aromatic N) is 2. The van der Waals surface area contributed by atoms with Crippen LogP contribution in [0.1, 0.15) is 0 Å². The van der Waals surface area contributed by atoms with Gasteiger partial charge in [0.05, 0.1) is 4.92 Å². The molecule has 3 aromatic rings. The van der Waals surface area contributed by atoms with Crippen LogP contribution in [0.3, 0.4) is 0 Å². The summed E-state index contributed by atoms with van der Waals surface area (Å²) in [7, 11) is 0. The fourth-order valence-electron chi connectivity index (χ4n) is 2.52. The fraction of sp³-hybridized carbons (Fsp3) is 0.167. The maximum atomic E-state index is 11.8. The van der Waals surface area contributed by atoms with Crippen molar-refractivity contribution in [3.05, 3.63) is 70.9 Å². The summed E-state index contributed by atoms with van der Waals surface area (Å²) in [6.07, 6.45) is 1.99. The molecule has 0 aliphatic carbocycles. The summed E-state index contributed by atoms with van der Waals surface area (Å²) in [5.41, 5.74) is 1.11. The van der Waals surface area contributed by atoms with Gasteiger partial charge in [-0.25, -0.2) is 0 Å². The summed E-state index contributed by atoms with van der Waals surface area (Å²) in [4.78, 5) is 21.9. The van der Waals surface area contributed by atoms with Gasteiger partial charge in [-0.15, -0.1) is 0 Å². The number of carbonyl (C=O) groups is 1. The van der Waals surface area contributed by atoms with Gasteiger partial charge in [0.25, 0.3) is 11.6 Å². The van der Waals surface area contributed by atoms with Gasteiger partial charge < -0.3 is 14.6 Å². The molecule has 2 aromatic carbocycles. The molecular weight excluding hydrogens is 322 g/mol. The second-order valence-corrected chi connectivity index (χ2v) is 5.46. The van der Waals surface area contributed by atoms with Crippen molar-refractivity contribution in [2.45, 2.75) is 6.54 Å². The van der Waals surface area contributed by atoms with Crippen LogP contribution in [-0.2, 0) is 11.3 Å². The molecular formula is C18H17N3O4. The Bertz CT molecular complexity index is 887. The van der Waals surface area contributed by atoms with Gasteiger partial charge in [-0.2, -0.15) is 0 Å². The maximum Gasteiger partial charge on any atom is 0.269 e. The van der Waals surface area contributed by atoms with Gasteiger partial charge in [0.1, 0.15) is 5.75 Å². The van der Waals surface area contributed by atoms with E-state index < -0.39 is 4.92 Å². The SMILES string of the molecule is O=C(COc1ccc([N+](=O)[O-])cc1)NCCn1ccc2ccccc21. The molecule has 0 radical (unpaired) electrons. The third-order valence-corrected chi connectivity index (χ3v) is 3.77. The maximum absolute atomic E-state index is 11.8. The van der Waals surface area contributed by atoms with E-state index in [0.29, 0.717) is 18.8 Å². The number of nitrogens with one attached hydrogen (secondary N) is 1. The Morgan fingerprint density at radius 1 is 1.12 bits per heavy atom. The van der Waals surface area contributed by atoms with E-state index in [2.05, 4.69) is 9.88 Å². The van der Waals surface area contributed by atoms with Gasteiger partial charge in [0.2, 0.25) is 0 Å². The molecule has 0 saturated heterocycles. The molecule has 0 bridgehead atoms. The zero-order chi connectivity index (χ0) is 17.6. The van der Waals surface area contributed by atoms with Crippen molar-refractivity contribution in [2.75, 3.05) is 13.2 Å². The highest BCUT2D eigenvalue weighted by molar-refractivity contribution is 5.80. The van der Waals surface area contributed by atoms with Crippen LogP contribution in [0.4, 0.5) is 5.69 Å². The summed E-state index contributed by atoms with van der Waals surface area (Å²) in [5, 5.41) is 14.5. The lowest BCUT2D eigenvalue weighted by molar-refractivity contribution is -0.384. The molecule has 1 aromatic heterocycles. The first-order valence-corrected chi connectivity index (χ1v) is 7.81. The summed E-state index contributed by atoms with van der Waals surface area (Å²) in [6, 6.07) is 15.7. The molecule has 0 fully saturated rings. The number of amides is 1. The first-order chi connectivity index (χ1) is 12.1. The van der Waals surface area contributed by atoms with E-state index in [1.807, 2.05) is 36.5 Å². The van der Waals surface area contributed by atoms with Gasteiger partial charge >= 0.3 is 0 Å². The summed E-state index contributed by atoms with van der Waals surface area (Å²) in [6.45, 7) is 1.02. The lowest BCUT2D eigenvalue weighted by Crippen LogP contribution is -2.31. The van der Waals surface area contributed by atoms with E-state index >= 15 is 0 Å². The molecule has 0 atom stereocenters. The standard InChI is InChI=1S/C18H17N3O4/c22-18(13-25-16-7-5-15(6-8-16)21(23)24)19-10-12-20-11-9-14-3-1-2-4-17(14)20/h1-9,11H,10,12-13H2,(H,19,22). The third kappa shape index (κ3) is 4.14. The molecule has 25 heavy (non-hydrogen) atoms. The van der Waals surface area contributed by atoms with Gasteiger partial charge in [0.15, 0.2) is 6.61 Å². The number of hydrogen-bond donors (Lipinski definition) is 1. The van der Waals surface area contributed by atoms with Crippen LogP contribution in [0.25, 0.3) is 10.9 Å². The molecule has 0 aliphatic heterocycles. The molecule has 1 heterocycles. The minimum Gasteiger partial charge on any atom is -0.484 e. The molecule has 1 amide bonds. The number of benzene rings is 2. The first kappa shape index (κ1) is 16.5. The van der Waals surface area contributed by atoms with Crippen LogP contribution in [-0.4, -0.2) is 28.5 Å². The van der Waals surface area contributed by atoms with E-state index in [0.717, 1.165) is 10.9 Å². The predicted molar refractivity (Wildman–Crippen MR) is 93.5 cm³/mol.